The highest BCUT2D eigenvalue weighted by Gasteiger charge is 2.37. The number of amides is 1. The lowest BCUT2D eigenvalue weighted by molar-refractivity contribution is -0.136. The van der Waals surface area contributed by atoms with Gasteiger partial charge >= 0.3 is 5.97 Å². The van der Waals surface area contributed by atoms with Gasteiger partial charge in [0.2, 0.25) is 0 Å². The molecule has 0 spiro atoms. The molecule has 6 heteroatoms. The summed E-state index contributed by atoms with van der Waals surface area (Å²) in [5, 5.41) is 0. The molecular weight excluding hydrogens is 356 g/mol. The van der Waals surface area contributed by atoms with Gasteiger partial charge in [0.1, 0.15) is 5.75 Å². The van der Waals surface area contributed by atoms with E-state index in [4.69, 9.17) is 9.47 Å². The van der Waals surface area contributed by atoms with Crippen molar-refractivity contribution in [2.75, 3.05) is 13.7 Å². The quantitative estimate of drug-likeness (QED) is 0.570. The smallest absolute Gasteiger partial charge is 0.340 e. The van der Waals surface area contributed by atoms with Crippen molar-refractivity contribution in [2.45, 2.75) is 20.4 Å². The van der Waals surface area contributed by atoms with E-state index in [-0.39, 0.29) is 11.5 Å². The summed E-state index contributed by atoms with van der Waals surface area (Å²) in [6.45, 7) is 4.46. The SMILES string of the molecule is CCOc1ccccc1/C=C1\C(=O)N(Cc2cccnc2)C(C)=C1C(=O)OC. The molecule has 0 N–H and O–H groups in total. The van der Waals surface area contributed by atoms with E-state index in [1.807, 2.05) is 43.3 Å². The van der Waals surface area contributed by atoms with Crippen molar-refractivity contribution in [3.05, 3.63) is 76.8 Å². The summed E-state index contributed by atoms with van der Waals surface area (Å²) in [6, 6.07) is 11.1. The lowest BCUT2D eigenvalue weighted by Crippen LogP contribution is -2.24. The van der Waals surface area contributed by atoms with E-state index < -0.39 is 5.97 Å². The second-order valence-corrected chi connectivity index (χ2v) is 6.23. The summed E-state index contributed by atoms with van der Waals surface area (Å²) in [6.07, 6.45) is 5.06. The summed E-state index contributed by atoms with van der Waals surface area (Å²) in [5.41, 5.74) is 2.71. The van der Waals surface area contributed by atoms with Crippen LogP contribution in [0.4, 0.5) is 0 Å². The van der Waals surface area contributed by atoms with Crippen molar-refractivity contribution in [3.8, 4) is 5.75 Å². The number of carbonyl (C=O) groups is 2. The Bertz CT molecular complexity index is 948. The van der Waals surface area contributed by atoms with Crippen molar-refractivity contribution >= 4 is 18.0 Å². The van der Waals surface area contributed by atoms with Gasteiger partial charge in [-0.15, -0.1) is 0 Å². The number of benzene rings is 1. The van der Waals surface area contributed by atoms with E-state index >= 15 is 0 Å². The van der Waals surface area contributed by atoms with Gasteiger partial charge in [-0.3, -0.25) is 9.78 Å². The number of methoxy groups -OCH3 is 1. The van der Waals surface area contributed by atoms with Gasteiger partial charge in [-0.25, -0.2) is 4.79 Å². The minimum absolute atomic E-state index is 0.256. The molecule has 0 fully saturated rings. The van der Waals surface area contributed by atoms with Crippen molar-refractivity contribution in [1.82, 2.24) is 9.88 Å². The maximum absolute atomic E-state index is 13.2. The number of para-hydroxylation sites is 1. The average molecular weight is 378 g/mol. The fraction of sp³-hybridized carbons (Fsp3) is 0.227. The number of ether oxygens (including phenoxy) is 2. The molecule has 28 heavy (non-hydrogen) atoms. The molecule has 0 saturated carbocycles. The van der Waals surface area contributed by atoms with Crippen LogP contribution in [0.15, 0.2) is 65.6 Å². The molecule has 1 aromatic carbocycles. The van der Waals surface area contributed by atoms with Crippen molar-refractivity contribution in [3.63, 3.8) is 0 Å². The number of hydrogen-bond acceptors (Lipinski definition) is 5. The molecule has 2 heterocycles. The zero-order chi connectivity index (χ0) is 20.1. The maximum atomic E-state index is 13.2. The third kappa shape index (κ3) is 3.81. The van der Waals surface area contributed by atoms with E-state index in [9.17, 15) is 9.59 Å². The highest BCUT2D eigenvalue weighted by Crippen LogP contribution is 2.34. The van der Waals surface area contributed by atoms with Crippen LogP contribution in [0.5, 0.6) is 5.75 Å². The number of rotatable bonds is 6. The fourth-order valence-corrected chi connectivity index (χ4v) is 3.13. The standard InChI is InChI=1S/C22H22N2O4/c1-4-28-19-10-6-5-9-17(19)12-18-20(22(26)27-3)15(2)24(21(18)25)14-16-8-7-11-23-13-16/h5-13H,4,14H2,1-3H3/b18-12-. The molecule has 0 aliphatic carbocycles. The summed E-state index contributed by atoms with van der Waals surface area (Å²) >= 11 is 0. The predicted octanol–water partition coefficient (Wildman–Crippen LogP) is 3.35. The second kappa shape index (κ2) is 8.52. The van der Waals surface area contributed by atoms with Crippen LogP contribution in [-0.4, -0.2) is 35.5 Å². The Hall–Kier alpha value is -3.41. The number of hydrogen-bond donors (Lipinski definition) is 0. The molecule has 0 radical (unpaired) electrons. The van der Waals surface area contributed by atoms with Crippen LogP contribution >= 0.6 is 0 Å². The first-order chi connectivity index (χ1) is 13.6. The Labute approximate surface area is 164 Å². The first kappa shape index (κ1) is 19.4. The van der Waals surface area contributed by atoms with E-state index in [0.717, 1.165) is 11.1 Å². The number of pyridine rings is 1. The molecule has 0 bridgehead atoms. The van der Waals surface area contributed by atoms with Gasteiger partial charge in [0.25, 0.3) is 5.91 Å². The highest BCUT2D eigenvalue weighted by atomic mass is 16.5. The van der Waals surface area contributed by atoms with Crippen molar-refractivity contribution < 1.29 is 19.1 Å². The third-order valence-corrected chi connectivity index (χ3v) is 4.48. The summed E-state index contributed by atoms with van der Waals surface area (Å²) < 4.78 is 10.6. The number of nitrogens with zero attached hydrogens (tertiary/aromatic N) is 2. The average Bonchev–Trinajstić information content (AvgIpc) is 2.94. The van der Waals surface area contributed by atoms with Crippen LogP contribution in [-0.2, 0) is 20.9 Å². The van der Waals surface area contributed by atoms with Crippen molar-refractivity contribution in [2.24, 2.45) is 0 Å². The van der Waals surface area contributed by atoms with Crippen LogP contribution in [0.2, 0.25) is 0 Å². The second-order valence-electron chi connectivity index (χ2n) is 6.23. The number of allylic oxidation sites excluding steroid dienone is 1. The zero-order valence-electron chi connectivity index (χ0n) is 16.1. The molecule has 2 aromatic rings. The van der Waals surface area contributed by atoms with Gasteiger partial charge in [0.15, 0.2) is 0 Å². The van der Waals surface area contributed by atoms with Gasteiger partial charge in [-0.05, 0) is 37.6 Å². The van der Waals surface area contributed by atoms with Crippen LogP contribution in [0.1, 0.15) is 25.0 Å². The Morgan fingerprint density at radius 2 is 2.00 bits per heavy atom. The highest BCUT2D eigenvalue weighted by molar-refractivity contribution is 6.16. The minimum atomic E-state index is -0.542. The predicted molar refractivity (Wildman–Crippen MR) is 105 cm³/mol. The molecule has 6 nitrogen and oxygen atoms in total. The fourth-order valence-electron chi connectivity index (χ4n) is 3.13. The molecule has 3 rings (SSSR count). The minimum Gasteiger partial charge on any atom is -0.493 e. The summed E-state index contributed by atoms with van der Waals surface area (Å²) in [4.78, 5) is 31.3. The van der Waals surface area contributed by atoms with Crippen LogP contribution in [0.25, 0.3) is 6.08 Å². The van der Waals surface area contributed by atoms with E-state index in [1.165, 1.54) is 7.11 Å². The lowest BCUT2D eigenvalue weighted by Gasteiger charge is -2.17. The molecule has 1 amide bonds. The maximum Gasteiger partial charge on any atom is 0.340 e. The molecule has 144 valence electrons. The van der Waals surface area contributed by atoms with Gasteiger partial charge in [0, 0.05) is 23.7 Å². The first-order valence-corrected chi connectivity index (χ1v) is 9.00. The largest absolute Gasteiger partial charge is 0.493 e. The molecule has 1 aliphatic heterocycles. The summed E-state index contributed by atoms with van der Waals surface area (Å²) in [7, 11) is 1.31. The zero-order valence-corrected chi connectivity index (χ0v) is 16.1. The van der Waals surface area contributed by atoms with Gasteiger partial charge in [-0.1, -0.05) is 24.3 Å². The Morgan fingerprint density at radius 1 is 1.21 bits per heavy atom. The third-order valence-electron chi connectivity index (χ3n) is 4.48. The van der Waals surface area contributed by atoms with Crippen LogP contribution in [0.3, 0.4) is 0 Å². The lowest BCUT2D eigenvalue weighted by atomic mass is 10.0. The Balaban J connectivity index is 2.05. The topological polar surface area (TPSA) is 68.7 Å². The molecule has 0 atom stereocenters. The van der Waals surface area contributed by atoms with Gasteiger partial charge < -0.3 is 14.4 Å². The van der Waals surface area contributed by atoms with E-state index in [1.54, 1.807) is 30.3 Å². The normalized spacial score (nSPS) is 15.3. The van der Waals surface area contributed by atoms with E-state index in [0.29, 0.717) is 30.2 Å². The van der Waals surface area contributed by atoms with Crippen LogP contribution in [0, 0.1) is 0 Å². The van der Waals surface area contributed by atoms with Gasteiger partial charge in [-0.2, -0.15) is 0 Å². The van der Waals surface area contributed by atoms with Crippen molar-refractivity contribution in [1.29, 1.82) is 0 Å². The van der Waals surface area contributed by atoms with Gasteiger partial charge in [0.05, 0.1) is 31.4 Å². The molecular formula is C22H22N2O4. The Morgan fingerprint density at radius 3 is 2.68 bits per heavy atom. The summed E-state index contributed by atoms with van der Waals surface area (Å²) in [5.74, 6) is -0.148. The number of esters is 1. The Kier molecular flexibility index (Phi) is 5.89. The first-order valence-electron chi connectivity index (χ1n) is 9.00. The van der Waals surface area contributed by atoms with Crippen LogP contribution < -0.4 is 4.74 Å². The number of carbonyl (C=O) groups excluding carboxylic acids is 2. The number of aromatic nitrogens is 1. The molecule has 0 saturated heterocycles. The molecule has 1 aromatic heterocycles. The molecule has 1 aliphatic rings. The molecule has 0 unspecified atom stereocenters. The van der Waals surface area contributed by atoms with E-state index in [2.05, 4.69) is 4.98 Å². The monoisotopic (exact) mass is 378 g/mol.